The number of carbonyl (C=O) groups is 2. The van der Waals surface area contributed by atoms with Gasteiger partial charge >= 0.3 is 0 Å². The van der Waals surface area contributed by atoms with E-state index in [0.717, 1.165) is 10.6 Å². The Kier molecular flexibility index (Phi) is 6.05. The maximum absolute atomic E-state index is 13.0. The van der Waals surface area contributed by atoms with Gasteiger partial charge in [-0.15, -0.1) is 11.3 Å². The lowest BCUT2D eigenvalue weighted by Gasteiger charge is -2.11. The maximum atomic E-state index is 13.0. The smallest absolute Gasteiger partial charge is 0.270 e. The zero-order chi connectivity index (χ0) is 23.3. The van der Waals surface area contributed by atoms with Crippen LogP contribution in [-0.2, 0) is 11.2 Å². The predicted octanol–water partition coefficient (Wildman–Crippen LogP) is 4.42. The fraction of sp³-hybridized carbons (Fsp3) is 0.0385. The van der Waals surface area contributed by atoms with Crippen molar-refractivity contribution in [2.45, 2.75) is 6.42 Å². The first kappa shape index (κ1) is 21.4. The van der Waals surface area contributed by atoms with E-state index in [9.17, 15) is 9.59 Å². The lowest BCUT2D eigenvalue weighted by Crippen LogP contribution is -2.42. The van der Waals surface area contributed by atoms with Crippen molar-refractivity contribution < 1.29 is 9.59 Å². The van der Waals surface area contributed by atoms with Crippen LogP contribution in [0.5, 0.6) is 0 Å². The second-order valence-electron chi connectivity index (χ2n) is 7.48. The summed E-state index contributed by atoms with van der Waals surface area (Å²) in [6, 6.07) is 24.3. The zero-order valence-corrected chi connectivity index (χ0v) is 18.8. The number of pyridine rings is 2. The van der Waals surface area contributed by atoms with Crippen molar-refractivity contribution in [3.05, 3.63) is 102 Å². The number of hydrazine groups is 1. The Labute approximate surface area is 199 Å². The average Bonchev–Trinajstić information content (AvgIpc) is 3.36. The predicted molar refractivity (Wildman–Crippen MR) is 132 cm³/mol. The van der Waals surface area contributed by atoms with E-state index in [-0.39, 0.29) is 12.3 Å². The van der Waals surface area contributed by atoms with Crippen LogP contribution in [0.15, 0.2) is 90.4 Å². The highest BCUT2D eigenvalue weighted by molar-refractivity contribution is 7.13. The molecule has 8 heteroatoms. The molecule has 0 aliphatic carbocycles. The molecule has 5 rings (SSSR count). The SMILES string of the molecule is O=C(Cc1csc(-c2ccccc2)n1)NNC(=O)c1cc(-c2ccccn2)nc2ccccc12. The van der Waals surface area contributed by atoms with Crippen LogP contribution in [-0.4, -0.2) is 26.8 Å². The van der Waals surface area contributed by atoms with Crippen LogP contribution in [0.2, 0.25) is 0 Å². The Morgan fingerprint density at radius 3 is 2.44 bits per heavy atom. The molecule has 3 heterocycles. The molecule has 34 heavy (non-hydrogen) atoms. The summed E-state index contributed by atoms with van der Waals surface area (Å²) in [4.78, 5) is 38.9. The quantitative estimate of drug-likeness (QED) is 0.375. The summed E-state index contributed by atoms with van der Waals surface area (Å²) in [5, 5.41) is 3.37. The van der Waals surface area contributed by atoms with Crippen molar-refractivity contribution in [3.63, 3.8) is 0 Å². The molecular weight excluding hydrogens is 446 g/mol. The number of para-hydroxylation sites is 1. The lowest BCUT2D eigenvalue weighted by molar-refractivity contribution is -0.121. The highest BCUT2D eigenvalue weighted by atomic mass is 32.1. The number of fused-ring (bicyclic) bond motifs is 1. The molecule has 2 N–H and O–H groups in total. The third kappa shape index (κ3) is 4.67. The molecule has 0 unspecified atom stereocenters. The standard InChI is InChI=1S/C26H19N5O2S/c32-24(14-18-16-34-26(28-18)17-8-2-1-3-9-17)30-31-25(33)20-15-23(22-12-6-7-13-27-22)29-21-11-5-4-10-19(20)21/h1-13,15-16H,14H2,(H,30,32)(H,31,33). The molecule has 0 fully saturated rings. The van der Waals surface area contributed by atoms with Gasteiger partial charge in [0.2, 0.25) is 5.91 Å². The number of hydrogen-bond acceptors (Lipinski definition) is 6. The monoisotopic (exact) mass is 465 g/mol. The van der Waals surface area contributed by atoms with Gasteiger partial charge in [-0.2, -0.15) is 0 Å². The van der Waals surface area contributed by atoms with Crippen LogP contribution in [0.3, 0.4) is 0 Å². The number of thiazole rings is 1. The summed E-state index contributed by atoms with van der Waals surface area (Å²) < 4.78 is 0. The number of aromatic nitrogens is 3. The molecular formula is C26H19N5O2S. The number of rotatable bonds is 5. The maximum Gasteiger partial charge on any atom is 0.270 e. The van der Waals surface area contributed by atoms with Crippen molar-refractivity contribution in [3.8, 4) is 22.0 Å². The molecule has 0 spiro atoms. The van der Waals surface area contributed by atoms with E-state index in [1.165, 1.54) is 11.3 Å². The fourth-order valence-electron chi connectivity index (χ4n) is 3.51. The number of carbonyl (C=O) groups excluding carboxylic acids is 2. The van der Waals surface area contributed by atoms with E-state index in [0.29, 0.717) is 33.5 Å². The Bertz CT molecular complexity index is 1470. The van der Waals surface area contributed by atoms with Gasteiger partial charge < -0.3 is 0 Å². The molecule has 0 bridgehead atoms. The Morgan fingerprint density at radius 1 is 0.824 bits per heavy atom. The summed E-state index contributed by atoms with van der Waals surface area (Å²) in [6.07, 6.45) is 1.73. The Hall–Kier alpha value is -4.43. The summed E-state index contributed by atoms with van der Waals surface area (Å²) in [5.41, 5.74) is 8.94. The van der Waals surface area contributed by atoms with Gasteiger partial charge in [-0.05, 0) is 24.3 Å². The summed E-state index contributed by atoms with van der Waals surface area (Å²) >= 11 is 1.48. The van der Waals surface area contributed by atoms with Crippen LogP contribution in [0.4, 0.5) is 0 Å². The topological polar surface area (TPSA) is 96.9 Å². The van der Waals surface area contributed by atoms with E-state index in [2.05, 4.69) is 25.8 Å². The molecule has 0 saturated carbocycles. The minimum Gasteiger partial charge on any atom is -0.273 e. The van der Waals surface area contributed by atoms with Crippen molar-refractivity contribution in [2.75, 3.05) is 0 Å². The van der Waals surface area contributed by atoms with Gasteiger partial charge in [-0.1, -0.05) is 54.6 Å². The number of amides is 2. The van der Waals surface area contributed by atoms with Gasteiger partial charge in [0.1, 0.15) is 5.01 Å². The third-order valence-corrected chi connectivity index (χ3v) is 6.06. The number of benzene rings is 2. The number of nitrogens with one attached hydrogen (secondary N) is 2. The zero-order valence-electron chi connectivity index (χ0n) is 17.9. The van der Waals surface area contributed by atoms with E-state index in [4.69, 9.17) is 0 Å². The molecule has 0 aliphatic rings. The van der Waals surface area contributed by atoms with Crippen molar-refractivity contribution >= 4 is 34.1 Å². The molecule has 0 aliphatic heterocycles. The molecule has 7 nitrogen and oxygen atoms in total. The molecule has 2 aromatic carbocycles. The minimum atomic E-state index is -0.438. The van der Waals surface area contributed by atoms with E-state index >= 15 is 0 Å². The van der Waals surface area contributed by atoms with Crippen LogP contribution in [0.1, 0.15) is 16.1 Å². The van der Waals surface area contributed by atoms with Crippen LogP contribution < -0.4 is 10.9 Å². The van der Waals surface area contributed by atoms with E-state index < -0.39 is 5.91 Å². The van der Waals surface area contributed by atoms with E-state index in [1.807, 2.05) is 78.2 Å². The molecule has 3 aromatic heterocycles. The van der Waals surface area contributed by atoms with Crippen LogP contribution in [0.25, 0.3) is 32.9 Å². The molecule has 2 amide bonds. The molecule has 0 atom stereocenters. The summed E-state index contributed by atoms with van der Waals surface area (Å²) in [7, 11) is 0. The molecule has 166 valence electrons. The molecule has 0 saturated heterocycles. The van der Waals surface area contributed by atoms with Gasteiger partial charge in [0.05, 0.1) is 34.6 Å². The normalized spacial score (nSPS) is 10.7. The fourth-order valence-corrected chi connectivity index (χ4v) is 4.34. The number of nitrogens with zero attached hydrogens (tertiary/aromatic N) is 3. The summed E-state index contributed by atoms with van der Waals surface area (Å²) in [6.45, 7) is 0. The van der Waals surface area contributed by atoms with Crippen molar-refractivity contribution in [1.29, 1.82) is 0 Å². The Balaban J connectivity index is 1.30. The lowest BCUT2D eigenvalue weighted by atomic mass is 10.1. The van der Waals surface area contributed by atoms with Gasteiger partial charge in [-0.25, -0.2) is 9.97 Å². The minimum absolute atomic E-state index is 0.0554. The van der Waals surface area contributed by atoms with Gasteiger partial charge in [-0.3, -0.25) is 25.4 Å². The number of hydrogen-bond donors (Lipinski definition) is 2. The van der Waals surface area contributed by atoms with Gasteiger partial charge in [0.15, 0.2) is 0 Å². The second-order valence-corrected chi connectivity index (χ2v) is 8.33. The van der Waals surface area contributed by atoms with Crippen LogP contribution in [0, 0.1) is 0 Å². The van der Waals surface area contributed by atoms with Crippen molar-refractivity contribution in [1.82, 2.24) is 25.8 Å². The second kappa shape index (κ2) is 9.60. The van der Waals surface area contributed by atoms with Gasteiger partial charge in [0, 0.05) is 22.5 Å². The molecule has 0 radical (unpaired) electrons. The Morgan fingerprint density at radius 2 is 1.62 bits per heavy atom. The summed E-state index contributed by atoms with van der Waals surface area (Å²) in [5.74, 6) is -0.797. The van der Waals surface area contributed by atoms with Crippen molar-refractivity contribution in [2.24, 2.45) is 0 Å². The van der Waals surface area contributed by atoms with Gasteiger partial charge in [0.25, 0.3) is 5.91 Å². The average molecular weight is 466 g/mol. The first-order chi connectivity index (χ1) is 16.7. The van der Waals surface area contributed by atoms with Crippen LogP contribution >= 0.6 is 11.3 Å². The molecule has 5 aromatic rings. The van der Waals surface area contributed by atoms with E-state index in [1.54, 1.807) is 12.3 Å². The highest BCUT2D eigenvalue weighted by Crippen LogP contribution is 2.24. The largest absolute Gasteiger partial charge is 0.273 e. The highest BCUT2D eigenvalue weighted by Gasteiger charge is 2.16. The third-order valence-electron chi connectivity index (χ3n) is 5.12. The first-order valence-corrected chi connectivity index (χ1v) is 11.5. The first-order valence-electron chi connectivity index (χ1n) is 10.6.